The van der Waals surface area contributed by atoms with Gasteiger partial charge in [0.05, 0.1) is 0 Å². The van der Waals surface area contributed by atoms with E-state index in [1.54, 1.807) is 65.1 Å². The number of hydrogen-bond donors (Lipinski definition) is 0. The van der Waals surface area contributed by atoms with Crippen molar-refractivity contribution in [1.29, 1.82) is 0 Å². The lowest BCUT2D eigenvalue weighted by Gasteiger charge is -2.20. The highest BCUT2D eigenvalue weighted by atomic mass is 127. The smallest absolute Gasteiger partial charge is 0.300 e. The molecule has 0 bridgehead atoms. The van der Waals surface area contributed by atoms with Crippen LogP contribution in [0.15, 0.2) is 25.3 Å². The van der Waals surface area contributed by atoms with Gasteiger partial charge < -0.3 is 0 Å². The molecule has 0 rings (SSSR count). The van der Waals surface area contributed by atoms with E-state index >= 15 is 0 Å². The molecule has 0 amide bonds. The van der Waals surface area contributed by atoms with Gasteiger partial charge in [0.2, 0.25) is 0 Å². The zero-order valence-corrected chi connectivity index (χ0v) is 41.3. The van der Waals surface area contributed by atoms with Gasteiger partial charge in [0.15, 0.2) is 0 Å². The molecular weight excluding hydrogens is 1180 g/mol. The fourth-order valence-corrected chi connectivity index (χ4v) is 5.07. The SMILES string of the molecule is C=CCCCCCC(=O)C(C)CCCC(F)(F)C(F)(F)F.C=CCCCCCC(=O)CC.CCCCC(F)(F)C(F)(F)F.F.FC(F)(F)C(F)(F)CCCI.FC(F)(F)C(F)(F)CCCI.[3HH]. The molecule has 0 saturated heterocycles. The topological polar surface area (TPSA) is 34.1 Å². The summed E-state index contributed by atoms with van der Waals surface area (Å²) in [5.41, 5.74) is 0. The molecule has 0 spiro atoms. The number of carbonyl (C=O) groups is 2. The van der Waals surface area contributed by atoms with Crippen molar-refractivity contribution in [1.82, 2.24) is 0 Å². The minimum atomic E-state index is -5.51. The van der Waals surface area contributed by atoms with Crippen LogP contribution in [0.25, 0.3) is 0 Å². The Bertz CT molecular complexity index is 1150. The van der Waals surface area contributed by atoms with Crippen LogP contribution in [-0.2, 0) is 9.59 Å². The van der Waals surface area contributed by atoms with Crippen molar-refractivity contribution in [3.8, 4) is 0 Å². The summed E-state index contributed by atoms with van der Waals surface area (Å²) in [6.45, 7) is 12.3. The molecule has 0 aliphatic carbocycles. The molecule has 0 aliphatic rings. The third kappa shape index (κ3) is 40.7. The summed E-state index contributed by atoms with van der Waals surface area (Å²) >= 11 is 3.51. The van der Waals surface area contributed by atoms with Gasteiger partial charge in [0, 0.05) is 52.3 Å². The number of unbranched alkanes of at least 4 members (excludes halogenated alkanes) is 7. The van der Waals surface area contributed by atoms with Gasteiger partial charge in [-0.1, -0.05) is 97.4 Å². The molecule has 0 aromatic rings. The van der Waals surface area contributed by atoms with Crippen LogP contribution in [0.5, 0.6) is 0 Å². The zero-order valence-electron chi connectivity index (χ0n) is 36.9. The summed E-state index contributed by atoms with van der Waals surface area (Å²) in [5, 5.41) is 0. The predicted molar refractivity (Wildman–Crippen MR) is 234 cm³/mol. The number of rotatable bonds is 27. The standard InChI is InChI=1S/C15H23F5O.C10H18O.C6H9F5.2C5H6F5I.FH.H2/c1-3-4-5-6-7-10-13(21)12(2)9-8-11-14(16,17)15(18,19)20;1-3-5-6-7-8-9-10(11)4-2;1-2-3-4-5(7,8)6(9,10)11;2*6-4(7,2-1-3-11)5(8,9)10;;/h3,12H,1,4-11H2,2H3;3H,1,4-9H2,2H3;2-4H2,1H3;2*1-3H2;2*1H/i;;;;;;1+2. The Morgan fingerprint density at radius 2 is 0.788 bits per heavy atom. The maximum absolute atomic E-state index is 12.7. The van der Waals surface area contributed by atoms with Crippen LogP contribution in [0.4, 0.5) is 92.5 Å². The highest BCUT2D eigenvalue weighted by Gasteiger charge is 2.58. The van der Waals surface area contributed by atoms with Gasteiger partial charge >= 0.3 is 48.4 Å². The Morgan fingerprint density at radius 3 is 1.06 bits per heavy atom. The molecule has 2 nitrogen and oxygen atoms in total. The fraction of sp³-hybridized carbons (Fsp3) is 0.854. The van der Waals surface area contributed by atoms with E-state index in [0.717, 1.165) is 51.4 Å². The summed E-state index contributed by atoms with van der Waals surface area (Å²) in [6, 6.07) is 0. The Labute approximate surface area is 402 Å². The van der Waals surface area contributed by atoms with E-state index in [9.17, 15) is 97.4 Å². The van der Waals surface area contributed by atoms with Gasteiger partial charge in [-0.3, -0.25) is 14.3 Å². The number of carbonyl (C=O) groups excluding carboxylic acids is 2. The van der Waals surface area contributed by atoms with Crippen molar-refractivity contribution in [2.24, 2.45) is 5.92 Å². The third-order valence-electron chi connectivity index (χ3n) is 8.52. The minimum Gasteiger partial charge on any atom is -0.300 e. The first kappa shape index (κ1) is 76.3. The first-order chi connectivity index (χ1) is 29.4. The van der Waals surface area contributed by atoms with Crippen LogP contribution in [0.2, 0.25) is 0 Å². The summed E-state index contributed by atoms with van der Waals surface area (Å²) in [4.78, 5) is 22.5. The summed E-state index contributed by atoms with van der Waals surface area (Å²) in [6.07, 6.45) is -13.0. The number of Topliss-reactive ketones (excluding diaryl/α,β-unsaturated/α-hetero) is 2. The number of ketones is 2. The minimum absolute atomic E-state index is 0. The molecule has 402 valence electrons. The number of alkyl halides is 22. The van der Waals surface area contributed by atoms with E-state index in [1.165, 1.54) is 6.42 Å². The van der Waals surface area contributed by atoms with E-state index in [0.29, 0.717) is 33.9 Å². The number of hydrogen-bond acceptors (Lipinski definition) is 2. The molecular formula is C41H65F21I2O2. The maximum Gasteiger partial charge on any atom is 0.453 e. The lowest BCUT2D eigenvalue weighted by Crippen LogP contribution is -2.36. The lowest BCUT2D eigenvalue weighted by molar-refractivity contribution is -0.284. The normalized spacial score (nSPS) is 12.9. The summed E-state index contributed by atoms with van der Waals surface area (Å²) in [5.74, 6) is -18.3. The Kier molecular flexibility index (Phi) is 44.6. The van der Waals surface area contributed by atoms with Crippen molar-refractivity contribution >= 4 is 56.7 Å². The maximum atomic E-state index is 12.7. The molecule has 0 aromatic heterocycles. The predicted octanol–water partition coefficient (Wildman–Crippen LogP) is 19.4. The fourth-order valence-electron chi connectivity index (χ4n) is 4.31. The molecule has 0 saturated carbocycles. The van der Waals surface area contributed by atoms with E-state index < -0.39 is 80.0 Å². The van der Waals surface area contributed by atoms with Gasteiger partial charge in [0.1, 0.15) is 11.6 Å². The van der Waals surface area contributed by atoms with Crippen molar-refractivity contribution in [3.63, 3.8) is 0 Å². The first-order valence-corrected chi connectivity index (χ1v) is 23.6. The van der Waals surface area contributed by atoms with Crippen LogP contribution >= 0.6 is 45.2 Å². The van der Waals surface area contributed by atoms with E-state index in [2.05, 4.69) is 13.2 Å². The molecule has 66 heavy (non-hydrogen) atoms. The average molecular weight is 1240 g/mol. The van der Waals surface area contributed by atoms with Crippen molar-refractivity contribution in [3.05, 3.63) is 25.3 Å². The second-order valence-electron chi connectivity index (χ2n) is 14.4. The second-order valence-corrected chi connectivity index (χ2v) is 16.6. The Balaban J connectivity index is -0.000000138. The summed E-state index contributed by atoms with van der Waals surface area (Å²) in [7, 11) is 0. The molecule has 0 fully saturated rings. The monoisotopic (exact) mass is 1240 g/mol. The third-order valence-corrected chi connectivity index (χ3v) is 10.0. The molecule has 25 heteroatoms. The van der Waals surface area contributed by atoms with Crippen LogP contribution in [-0.4, -0.2) is 68.8 Å². The largest absolute Gasteiger partial charge is 0.453 e. The molecule has 0 radical (unpaired) electrons. The number of allylic oxidation sites excluding steroid dienone is 2. The van der Waals surface area contributed by atoms with Crippen LogP contribution < -0.4 is 0 Å². The first-order valence-electron chi connectivity index (χ1n) is 20.5. The van der Waals surface area contributed by atoms with Gasteiger partial charge in [0.25, 0.3) is 0 Å². The molecule has 0 heterocycles. The van der Waals surface area contributed by atoms with E-state index in [1.807, 2.05) is 13.0 Å². The van der Waals surface area contributed by atoms with E-state index in [-0.39, 0.29) is 44.0 Å². The van der Waals surface area contributed by atoms with Crippen molar-refractivity contribution in [2.75, 3.05) is 8.86 Å². The van der Waals surface area contributed by atoms with E-state index in [4.69, 9.17) is 0 Å². The van der Waals surface area contributed by atoms with Crippen molar-refractivity contribution in [2.45, 2.75) is 204 Å². The summed E-state index contributed by atoms with van der Waals surface area (Å²) < 4.78 is 236. The van der Waals surface area contributed by atoms with Crippen LogP contribution in [0.3, 0.4) is 0 Å². The van der Waals surface area contributed by atoms with Crippen LogP contribution in [0.1, 0.15) is 157 Å². The van der Waals surface area contributed by atoms with Gasteiger partial charge in [-0.2, -0.15) is 87.8 Å². The van der Waals surface area contributed by atoms with Gasteiger partial charge in [-0.15, -0.1) is 13.2 Å². The molecule has 0 aliphatic heterocycles. The molecule has 1 unspecified atom stereocenters. The lowest BCUT2D eigenvalue weighted by atomic mass is 9.94. The number of halogens is 23. The molecule has 1 atom stereocenters. The average Bonchev–Trinajstić information content (AvgIpc) is 3.17. The Hall–Kier alpha value is -1.19. The van der Waals surface area contributed by atoms with Gasteiger partial charge in [-0.25, -0.2) is 0 Å². The van der Waals surface area contributed by atoms with Gasteiger partial charge in [-0.05, 0) is 79.5 Å². The second kappa shape index (κ2) is 38.5. The zero-order chi connectivity index (χ0) is 52.4. The highest BCUT2D eigenvalue weighted by Crippen LogP contribution is 2.41. The molecule has 0 N–H and O–H groups in total. The van der Waals surface area contributed by atoms with Crippen LogP contribution in [0, 0.1) is 5.92 Å². The quantitative estimate of drug-likeness (QED) is 0.0270. The Morgan fingerprint density at radius 1 is 0.485 bits per heavy atom. The van der Waals surface area contributed by atoms with Crippen molar-refractivity contribution < 1.29 is 104 Å². The highest BCUT2D eigenvalue weighted by molar-refractivity contribution is 14.1. The molecule has 0 aromatic carbocycles.